The van der Waals surface area contributed by atoms with Crippen LogP contribution < -0.4 is 0 Å². The van der Waals surface area contributed by atoms with Crippen LogP contribution in [0, 0.1) is 0 Å². The van der Waals surface area contributed by atoms with Gasteiger partial charge in [0.2, 0.25) is 0 Å². The first-order valence-corrected chi connectivity index (χ1v) is 9.50. The molecule has 0 saturated carbocycles. The van der Waals surface area contributed by atoms with Crippen LogP contribution in [0.2, 0.25) is 25.7 Å². The van der Waals surface area contributed by atoms with Crippen molar-refractivity contribution in [3.05, 3.63) is 24.0 Å². The Morgan fingerprint density at radius 2 is 1.87 bits per heavy atom. The van der Waals surface area contributed by atoms with Crippen LogP contribution in [0.15, 0.2) is 24.0 Å². The van der Waals surface area contributed by atoms with E-state index in [4.69, 9.17) is 4.74 Å². The van der Waals surface area contributed by atoms with Crippen molar-refractivity contribution in [1.29, 1.82) is 0 Å². The second-order valence-corrected chi connectivity index (χ2v) is 10.8. The topological polar surface area (TPSA) is 9.23 Å². The lowest BCUT2D eigenvalue weighted by atomic mass is 10.2. The predicted octanol–water partition coefficient (Wildman–Crippen LogP) is 4.60. The van der Waals surface area contributed by atoms with Gasteiger partial charge in [0, 0.05) is 8.07 Å². The average Bonchev–Trinajstić information content (AvgIpc) is 2.08. The Bertz CT molecular complexity index is 211. The molecule has 0 aliphatic heterocycles. The maximum absolute atomic E-state index is 4.84. The van der Waals surface area contributed by atoms with E-state index in [1.54, 1.807) is 18.9 Å². The molecule has 0 aliphatic carbocycles. The summed E-state index contributed by atoms with van der Waals surface area (Å²) in [5.41, 5.74) is 1.57. The van der Waals surface area contributed by atoms with Crippen molar-refractivity contribution in [2.75, 3.05) is 7.11 Å². The second kappa shape index (κ2) is 7.75. The van der Waals surface area contributed by atoms with E-state index in [2.05, 4.69) is 38.7 Å². The highest BCUT2D eigenvalue weighted by Crippen LogP contribution is 2.16. The van der Waals surface area contributed by atoms with Gasteiger partial charge in [-0.15, -0.1) is 0 Å². The fourth-order valence-corrected chi connectivity index (χ4v) is 3.47. The number of allylic oxidation sites excluding steroid dienone is 3. The van der Waals surface area contributed by atoms with Crippen molar-refractivity contribution in [3.63, 3.8) is 0 Å². The maximum atomic E-state index is 4.84. The van der Waals surface area contributed by atoms with Crippen LogP contribution in [0.1, 0.15) is 26.2 Å². The molecular formula is C13H26OSi. The number of unbranched alkanes of at least 4 members (excludes halogenated alkanes) is 2. The SMILES string of the molecule is CO/C=C/CCC/C=C(\C)C[Si](C)(C)C. The van der Waals surface area contributed by atoms with E-state index in [-0.39, 0.29) is 0 Å². The van der Waals surface area contributed by atoms with Crippen LogP contribution in [0.25, 0.3) is 0 Å². The van der Waals surface area contributed by atoms with Crippen LogP contribution in [0.4, 0.5) is 0 Å². The molecule has 0 radical (unpaired) electrons. The summed E-state index contributed by atoms with van der Waals surface area (Å²) in [4.78, 5) is 0. The minimum Gasteiger partial charge on any atom is -0.505 e. The van der Waals surface area contributed by atoms with Crippen molar-refractivity contribution < 1.29 is 4.74 Å². The van der Waals surface area contributed by atoms with Crippen molar-refractivity contribution in [2.24, 2.45) is 0 Å². The van der Waals surface area contributed by atoms with E-state index in [1.807, 2.05) is 0 Å². The van der Waals surface area contributed by atoms with Crippen LogP contribution in [0.3, 0.4) is 0 Å². The standard InChI is InChI=1S/C13H26OSi/c1-13(12-15(3,4)5)10-8-6-7-9-11-14-2/h9-11H,6-8,12H2,1-5H3/b11-9+,13-10+. The van der Waals surface area contributed by atoms with Crippen LogP contribution >= 0.6 is 0 Å². The molecule has 0 aromatic rings. The lowest BCUT2D eigenvalue weighted by molar-refractivity contribution is 0.336. The number of rotatable bonds is 7. The summed E-state index contributed by atoms with van der Waals surface area (Å²) in [7, 11) is 0.785. The Hall–Kier alpha value is -0.503. The number of hydrogen-bond acceptors (Lipinski definition) is 1. The summed E-state index contributed by atoms with van der Waals surface area (Å²) >= 11 is 0. The summed E-state index contributed by atoms with van der Waals surface area (Å²) in [5.74, 6) is 0. The third-order valence-electron chi connectivity index (χ3n) is 2.11. The molecule has 0 saturated heterocycles. The molecule has 0 spiro atoms. The molecule has 15 heavy (non-hydrogen) atoms. The molecule has 0 amide bonds. The largest absolute Gasteiger partial charge is 0.505 e. The minimum absolute atomic E-state index is 0.904. The first kappa shape index (κ1) is 14.5. The predicted molar refractivity (Wildman–Crippen MR) is 71.9 cm³/mol. The van der Waals surface area contributed by atoms with E-state index < -0.39 is 8.07 Å². The first-order valence-electron chi connectivity index (χ1n) is 5.79. The summed E-state index contributed by atoms with van der Waals surface area (Å²) < 4.78 is 4.84. The number of hydrogen-bond donors (Lipinski definition) is 0. The van der Waals surface area contributed by atoms with Gasteiger partial charge in [0.05, 0.1) is 13.4 Å². The molecular weight excluding hydrogens is 200 g/mol. The molecule has 0 bridgehead atoms. The maximum Gasteiger partial charge on any atom is 0.0784 e. The number of ether oxygens (including phenoxy) is 1. The van der Waals surface area contributed by atoms with Gasteiger partial charge in [0.25, 0.3) is 0 Å². The summed E-state index contributed by atoms with van der Waals surface area (Å²) in [5, 5.41) is 0. The molecule has 0 aliphatic rings. The van der Waals surface area contributed by atoms with Gasteiger partial charge in [-0.1, -0.05) is 31.3 Å². The molecule has 1 nitrogen and oxygen atoms in total. The fraction of sp³-hybridized carbons (Fsp3) is 0.692. The fourth-order valence-electron chi connectivity index (χ4n) is 1.66. The van der Waals surface area contributed by atoms with E-state index in [0.29, 0.717) is 0 Å². The monoisotopic (exact) mass is 226 g/mol. The van der Waals surface area contributed by atoms with Gasteiger partial charge in [-0.25, -0.2) is 0 Å². The Kier molecular flexibility index (Phi) is 7.49. The smallest absolute Gasteiger partial charge is 0.0784 e. The van der Waals surface area contributed by atoms with E-state index >= 15 is 0 Å². The lowest BCUT2D eigenvalue weighted by Gasteiger charge is -2.15. The molecule has 0 fully saturated rings. The van der Waals surface area contributed by atoms with Crippen molar-refractivity contribution in [2.45, 2.75) is 51.9 Å². The van der Waals surface area contributed by atoms with E-state index in [0.717, 1.165) is 6.42 Å². The highest BCUT2D eigenvalue weighted by atomic mass is 28.3. The van der Waals surface area contributed by atoms with Crippen LogP contribution in [0.5, 0.6) is 0 Å². The first-order chi connectivity index (χ1) is 6.95. The van der Waals surface area contributed by atoms with Crippen molar-refractivity contribution >= 4 is 8.07 Å². The van der Waals surface area contributed by atoms with Crippen LogP contribution in [-0.4, -0.2) is 15.2 Å². The highest BCUT2D eigenvalue weighted by molar-refractivity contribution is 6.76. The molecule has 0 aromatic carbocycles. The molecule has 88 valence electrons. The Balaban J connectivity index is 3.63. The quantitative estimate of drug-likeness (QED) is 0.267. The Morgan fingerprint density at radius 1 is 1.20 bits per heavy atom. The molecule has 0 N–H and O–H groups in total. The molecule has 0 atom stereocenters. The lowest BCUT2D eigenvalue weighted by Crippen LogP contribution is -2.19. The average molecular weight is 226 g/mol. The van der Waals surface area contributed by atoms with Gasteiger partial charge in [-0.3, -0.25) is 0 Å². The molecule has 0 rings (SSSR count). The zero-order valence-corrected chi connectivity index (χ0v) is 12.0. The summed E-state index contributed by atoms with van der Waals surface area (Å²) in [6, 6.07) is 1.33. The third kappa shape index (κ3) is 11.4. The van der Waals surface area contributed by atoms with Gasteiger partial charge in [-0.2, -0.15) is 0 Å². The zero-order valence-electron chi connectivity index (χ0n) is 11.0. The normalized spacial score (nSPS) is 13.5. The highest BCUT2D eigenvalue weighted by Gasteiger charge is 2.12. The van der Waals surface area contributed by atoms with Gasteiger partial charge >= 0.3 is 0 Å². The third-order valence-corrected chi connectivity index (χ3v) is 3.73. The van der Waals surface area contributed by atoms with Gasteiger partial charge in [0.1, 0.15) is 0 Å². The zero-order chi connectivity index (χ0) is 11.7. The minimum atomic E-state index is -0.904. The van der Waals surface area contributed by atoms with Gasteiger partial charge in [-0.05, 0) is 38.3 Å². The van der Waals surface area contributed by atoms with E-state index in [1.165, 1.54) is 18.9 Å². The van der Waals surface area contributed by atoms with Crippen LogP contribution in [-0.2, 0) is 4.74 Å². The molecule has 2 heteroatoms. The Labute approximate surface area is 96.2 Å². The van der Waals surface area contributed by atoms with E-state index in [9.17, 15) is 0 Å². The van der Waals surface area contributed by atoms with Crippen molar-refractivity contribution in [1.82, 2.24) is 0 Å². The summed E-state index contributed by atoms with van der Waals surface area (Å²) in [6.07, 6.45) is 9.79. The second-order valence-electron chi connectivity index (χ2n) is 5.33. The van der Waals surface area contributed by atoms with Gasteiger partial charge in [0.15, 0.2) is 0 Å². The summed E-state index contributed by atoms with van der Waals surface area (Å²) in [6.45, 7) is 9.53. The van der Waals surface area contributed by atoms with Gasteiger partial charge < -0.3 is 4.74 Å². The molecule has 0 aromatic heterocycles. The Morgan fingerprint density at radius 3 is 2.40 bits per heavy atom. The van der Waals surface area contributed by atoms with Crippen molar-refractivity contribution in [3.8, 4) is 0 Å². The molecule has 0 unspecified atom stereocenters. The molecule has 0 heterocycles. The number of methoxy groups -OCH3 is 1.